The van der Waals surface area contributed by atoms with Gasteiger partial charge in [-0.2, -0.15) is 0 Å². The van der Waals surface area contributed by atoms with Crippen LogP contribution >= 0.6 is 0 Å². The molecular formula is C11H23N3O. The van der Waals surface area contributed by atoms with Crippen LogP contribution in [-0.4, -0.2) is 42.5 Å². The molecule has 0 aromatic carbocycles. The molecule has 1 saturated heterocycles. The fourth-order valence-electron chi connectivity index (χ4n) is 2.03. The van der Waals surface area contributed by atoms with Crippen LogP contribution < -0.4 is 11.1 Å². The number of nitrogens with two attached hydrogens (primary N) is 1. The summed E-state index contributed by atoms with van der Waals surface area (Å²) in [4.78, 5) is 13.6. The number of nitrogens with one attached hydrogen (secondary N) is 1. The van der Waals surface area contributed by atoms with Gasteiger partial charge in [0.1, 0.15) is 0 Å². The summed E-state index contributed by atoms with van der Waals surface area (Å²) < 4.78 is 0. The summed E-state index contributed by atoms with van der Waals surface area (Å²) in [5.41, 5.74) is 5.37. The van der Waals surface area contributed by atoms with E-state index in [1.165, 1.54) is 19.3 Å². The van der Waals surface area contributed by atoms with E-state index in [1.54, 1.807) is 0 Å². The van der Waals surface area contributed by atoms with Crippen molar-refractivity contribution >= 4 is 5.91 Å². The third-order valence-corrected chi connectivity index (χ3v) is 2.77. The van der Waals surface area contributed by atoms with Crippen molar-refractivity contribution in [2.75, 3.05) is 19.6 Å². The Morgan fingerprint density at radius 1 is 1.33 bits per heavy atom. The average molecular weight is 213 g/mol. The Hall–Kier alpha value is -0.610. The molecule has 15 heavy (non-hydrogen) atoms. The summed E-state index contributed by atoms with van der Waals surface area (Å²) in [6.45, 7) is 7.03. The zero-order valence-corrected chi connectivity index (χ0v) is 9.83. The van der Waals surface area contributed by atoms with Crippen molar-refractivity contribution in [1.82, 2.24) is 10.2 Å². The summed E-state index contributed by atoms with van der Waals surface area (Å²) in [6, 6.07) is 0.0930. The molecule has 4 heteroatoms. The third kappa shape index (κ3) is 4.62. The lowest BCUT2D eigenvalue weighted by Crippen LogP contribution is -2.52. The molecule has 0 spiro atoms. The van der Waals surface area contributed by atoms with E-state index in [9.17, 15) is 4.79 Å². The van der Waals surface area contributed by atoms with Gasteiger partial charge in [-0.1, -0.05) is 20.3 Å². The topological polar surface area (TPSA) is 58.4 Å². The fraction of sp³-hybridized carbons (Fsp3) is 0.909. The summed E-state index contributed by atoms with van der Waals surface area (Å²) >= 11 is 0. The number of carbonyl (C=O) groups is 1. The Balaban J connectivity index is 2.38. The molecule has 0 radical (unpaired) electrons. The maximum absolute atomic E-state index is 11.2. The monoisotopic (exact) mass is 213 g/mol. The number of likely N-dealkylation sites (tertiary alicyclic amines) is 1. The number of hydrogen-bond acceptors (Lipinski definition) is 3. The normalized spacial score (nSPS) is 20.5. The zero-order valence-electron chi connectivity index (χ0n) is 9.83. The van der Waals surface area contributed by atoms with Gasteiger partial charge >= 0.3 is 0 Å². The molecule has 88 valence electrons. The van der Waals surface area contributed by atoms with Crippen molar-refractivity contribution in [1.29, 1.82) is 0 Å². The molecule has 4 nitrogen and oxygen atoms in total. The number of rotatable bonds is 5. The first-order valence-corrected chi connectivity index (χ1v) is 5.87. The van der Waals surface area contributed by atoms with Crippen LogP contribution in [-0.2, 0) is 4.79 Å². The predicted molar refractivity (Wildman–Crippen MR) is 61.5 cm³/mol. The molecular weight excluding hydrogens is 190 g/mol. The second-order valence-corrected chi connectivity index (χ2v) is 4.64. The van der Waals surface area contributed by atoms with E-state index in [-0.39, 0.29) is 11.9 Å². The van der Waals surface area contributed by atoms with Crippen LogP contribution in [0.4, 0.5) is 0 Å². The van der Waals surface area contributed by atoms with E-state index >= 15 is 0 Å². The van der Waals surface area contributed by atoms with Crippen LogP contribution in [0.1, 0.15) is 33.1 Å². The molecule has 3 N–H and O–H groups in total. The second-order valence-electron chi connectivity index (χ2n) is 4.64. The number of nitrogens with zero attached hydrogens (tertiary/aromatic N) is 1. The molecule has 0 aliphatic carbocycles. The highest BCUT2D eigenvalue weighted by Gasteiger charge is 2.20. The zero-order chi connectivity index (χ0) is 11.3. The van der Waals surface area contributed by atoms with Gasteiger partial charge in [0.15, 0.2) is 0 Å². The number of amides is 1. The van der Waals surface area contributed by atoms with Gasteiger partial charge in [-0.15, -0.1) is 0 Å². The molecule has 1 rings (SSSR count). The highest BCUT2D eigenvalue weighted by atomic mass is 16.1. The van der Waals surface area contributed by atoms with Crippen molar-refractivity contribution in [2.24, 2.45) is 5.73 Å². The van der Waals surface area contributed by atoms with Gasteiger partial charge in [0.05, 0.1) is 6.04 Å². The van der Waals surface area contributed by atoms with Gasteiger partial charge in [-0.05, 0) is 25.9 Å². The number of primary amides is 1. The first-order chi connectivity index (χ1) is 7.09. The predicted octanol–water partition coefficient (Wildman–Crippen LogP) is 0.324. The smallest absolute Gasteiger partial charge is 0.235 e. The SMILES string of the molecule is CC(C)NC(CN1CCCCC1)C(N)=O. The van der Waals surface area contributed by atoms with Crippen LogP contribution in [0.3, 0.4) is 0 Å². The lowest BCUT2D eigenvalue weighted by molar-refractivity contribution is -0.120. The van der Waals surface area contributed by atoms with Crippen LogP contribution in [0.2, 0.25) is 0 Å². The lowest BCUT2D eigenvalue weighted by Gasteiger charge is -2.30. The summed E-state index contributed by atoms with van der Waals surface area (Å²) in [5.74, 6) is -0.241. The van der Waals surface area contributed by atoms with Crippen molar-refractivity contribution in [3.63, 3.8) is 0 Å². The molecule has 1 aliphatic heterocycles. The Morgan fingerprint density at radius 3 is 2.40 bits per heavy atom. The van der Waals surface area contributed by atoms with Gasteiger partial charge in [0, 0.05) is 12.6 Å². The summed E-state index contributed by atoms with van der Waals surface area (Å²) in [7, 11) is 0. The van der Waals surface area contributed by atoms with Gasteiger partial charge < -0.3 is 16.0 Å². The highest BCUT2D eigenvalue weighted by molar-refractivity contribution is 5.80. The van der Waals surface area contributed by atoms with E-state index < -0.39 is 0 Å². The minimum absolute atomic E-state index is 0.205. The molecule has 1 heterocycles. The molecule has 1 fully saturated rings. The standard InChI is InChI=1S/C11H23N3O/c1-9(2)13-10(11(12)15)8-14-6-4-3-5-7-14/h9-10,13H,3-8H2,1-2H3,(H2,12,15). The maximum atomic E-state index is 11.2. The molecule has 1 aliphatic rings. The molecule has 1 unspecified atom stereocenters. The van der Waals surface area contributed by atoms with Gasteiger partial charge in [-0.3, -0.25) is 4.79 Å². The quantitative estimate of drug-likeness (QED) is 0.691. The number of hydrogen-bond donors (Lipinski definition) is 2. The molecule has 0 bridgehead atoms. The Bertz CT molecular complexity index is 200. The average Bonchev–Trinajstić information content (AvgIpc) is 2.17. The highest BCUT2D eigenvalue weighted by Crippen LogP contribution is 2.08. The second kappa shape index (κ2) is 6.08. The minimum atomic E-state index is -0.241. The van der Waals surface area contributed by atoms with Crippen LogP contribution in [0, 0.1) is 0 Å². The Kier molecular flexibility index (Phi) is 5.05. The molecule has 0 aromatic heterocycles. The Labute approximate surface area is 92.2 Å². The van der Waals surface area contributed by atoms with Gasteiger partial charge in [-0.25, -0.2) is 0 Å². The van der Waals surface area contributed by atoms with E-state index in [2.05, 4.69) is 10.2 Å². The molecule has 0 saturated carbocycles. The maximum Gasteiger partial charge on any atom is 0.235 e. The van der Waals surface area contributed by atoms with Crippen molar-refractivity contribution < 1.29 is 4.79 Å². The van der Waals surface area contributed by atoms with E-state index in [0.29, 0.717) is 6.04 Å². The minimum Gasteiger partial charge on any atom is -0.368 e. The van der Waals surface area contributed by atoms with Crippen LogP contribution in [0.15, 0.2) is 0 Å². The van der Waals surface area contributed by atoms with E-state index in [1.807, 2.05) is 13.8 Å². The summed E-state index contributed by atoms with van der Waals surface area (Å²) in [5, 5.41) is 3.21. The van der Waals surface area contributed by atoms with Crippen molar-refractivity contribution in [3.8, 4) is 0 Å². The number of carbonyl (C=O) groups excluding carboxylic acids is 1. The van der Waals surface area contributed by atoms with Gasteiger partial charge in [0.25, 0.3) is 0 Å². The molecule has 1 amide bonds. The summed E-state index contributed by atoms with van der Waals surface area (Å²) in [6.07, 6.45) is 3.80. The molecule has 1 atom stereocenters. The van der Waals surface area contributed by atoms with E-state index in [4.69, 9.17) is 5.73 Å². The lowest BCUT2D eigenvalue weighted by atomic mass is 10.1. The third-order valence-electron chi connectivity index (χ3n) is 2.77. The van der Waals surface area contributed by atoms with Gasteiger partial charge in [0.2, 0.25) is 5.91 Å². The Morgan fingerprint density at radius 2 is 1.93 bits per heavy atom. The largest absolute Gasteiger partial charge is 0.368 e. The first kappa shape index (κ1) is 12.5. The van der Waals surface area contributed by atoms with Crippen molar-refractivity contribution in [2.45, 2.75) is 45.2 Å². The molecule has 0 aromatic rings. The number of piperidine rings is 1. The van der Waals surface area contributed by atoms with Crippen LogP contribution in [0.5, 0.6) is 0 Å². The van der Waals surface area contributed by atoms with Crippen molar-refractivity contribution in [3.05, 3.63) is 0 Å². The van der Waals surface area contributed by atoms with Crippen LogP contribution in [0.25, 0.3) is 0 Å². The fourth-order valence-corrected chi connectivity index (χ4v) is 2.03. The first-order valence-electron chi connectivity index (χ1n) is 5.87. The van der Waals surface area contributed by atoms with E-state index in [0.717, 1.165) is 19.6 Å².